The van der Waals surface area contributed by atoms with E-state index in [-0.39, 0.29) is 6.61 Å². The number of carboxylic acid groups (broad SMARTS) is 1. The van der Waals surface area contributed by atoms with Crippen molar-refractivity contribution in [1.82, 2.24) is 5.32 Å². The van der Waals surface area contributed by atoms with Crippen molar-refractivity contribution in [3.63, 3.8) is 0 Å². The van der Waals surface area contributed by atoms with E-state index in [0.717, 1.165) is 38.1 Å². The molecule has 1 aromatic rings. The Morgan fingerprint density at radius 2 is 2.42 bits per heavy atom. The van der Waals surface area contributed by atoms with Crippen LogP contribution in [-0.4, -0.2) is 36.9 Å². The molecule has 1 fully saturated rings. The third-order valence-electron chi connectivity index (χ3n) is 2.99. The summed E-state index contributed by atoms with van der Waals surface area (Å²) in [6.07, 6.45) is 2.59. The standard InChI is InChI=1S/C14H19NO4/c16-14(17)10-19-12-4-1-3-11(7-12)8-15-9-13-5-2-6-18-13/h1,3-4,7,13,15H,2,5-6,8-10H2,(H,16,17)/t13-/m0/s1. The average molecular weight is 265 g/mol. The molecule has 2 N–H and O–H groups in total. The van der Waals surface area contributed by atoms with Gasteiger partial charge in [-0.3, -0.25) is 0 Å². The summed E-state index contributed by atoms with van der Waals surface area (Å²) < 4.78 is 10.7. The Morgan fingerprint density at radius 3 is 3.16 bits per heavy atom. The van der Waals surface area contributed by atoms with Crippen molar-refractivity contribution in [2.24, 2.45) is 0 Å². The first kappa shape index (κ1) is 13.8. The largest absolute Gasteiger partial charge is 0.482 e. The fraction of sp³-hybridized carbons (Fsp3) is 0.500. The summed E-state index contributed by atoms with van der Waals surface area (Å²) in [5.74, 6) is -0.388. The van der Waals surface area contributed by atoms with E-state index in [2.05, 4.69) is 5.32 Å². The van der Waals surface area contributed by atoms with Gasteiger partial charge in [0.1, 0.15) is 5.75 Å². The number of carboxylic acids is 1. The Labute approximate surface area is 112 Å². The quantitative estimate of drug-likeness (QED) is 0.780. The summed E-state index contributed by atoms with van der Waals surface area (Å²) in [6.45, 7) is 2.13. The molecule has 19 heavy (non-hydrogen) atoms. The maximum absolute atomic E-state index is 10.4. The zero-order valence-electron chi connectivity index (χ0n) is 10.8. The molecule has 1 heterocycles. The van der Waals surface area contributed by atoms with Crippen LogP contribution in [0.25, 0.3) is 0 Å². The number of hydrogen-bond acceptors (Lipinski definition) is 4. The topological polar surface area (TPSA) is 67.8 Å². The third-order valence-corrected chi connectivity index (χ3v) is 2.99. The van der Waals surface area contributed by atoms with Crippen LogP contribution in [0.1, 0.15) is 18.4 Å². The number of aliphatic carboxylic acids is 1. The Hall–Kier alpha value is -1.59. The van der Waals surface area contributed by atoms with Crippen molar-refractivity contribution in [3.8, 4) is 5.75 Å². The first-order valence-corrected chi connectivity index (χ1v) is 6.50. The molecule has 1 aliphatic rings. The second-order valence-corrected chi connectivity index (χ2v) is 4.60. The number of ether oxygens (including phenoxy) is 2. The zero-order chi connectivity index (χ0) is 13.5. The normalized spacial score (nSPS) is 18.4. The van der Waals surface area contributed by atoms with E-state index in [1.165, 1.54) is 0 Å². The van der Waals surface area contributed by atoms with Crippen LogP contribution < -0.4 is 10.1 Å². The monoisotopic (exact) mass is 265 g/mol. The molecule has 2 rings (SSSR count). The van der Waals surface area contributed by atoms with Gasteiger partial charge in [0, 0.05) is 19.7 Å². The average Bonchev–Trinajstić information content (AvgIpc) is 2.90. The Kier molecular flexibility index (Phi) is 5.18. The minimum absolute atomic E-state index is 0.313. The number of rotatable bonds is 7. The van der Waals surface area contributed by atoms with Crippen LogP contribution in [0.4, 0.5) is 0 Å². The molecule has 1 aliphatic heterocycles. The minimum Gasteiger partial charge on any atom is -0.482 e. The fourth-order valence-corrected chi connectivity index (χ4v) is 2.07. The second-order valence-electron chi connectivity index (χ2n) is 4.60. The highest BCUT2D eigenvalue weighted by Crippen LogP contribution is 2.14. The summed E-state index contributed by atoms with van der Waals surface area (Å²) in [6, 6.07) is 7.45. The lowest BCUT2D eigenvalue weighted by molar-refractivity contribution is -0.139. The van der Waals surface area contributed by atoms with Crippen LogP contribution in [0.3, 0.4) is 0 Å². The van der Waals surface area contributed by atoms with Gasteiger partial charge >= 0.3 is 5.97 Å². The van der Waals surface area contributed by atoms with Crippen molar-refractivity contribution < 1.29 is 19.4 Å². The fourth-order valence-electron chi connectivity index (χ4n) is 2.07. The number of nitrogens with one attached hydrogen (secondary N) is 1. The molecule has 0 spiro atoms. The molecule has 0 unspecified atom stereocenters. The van der Waals surface area contributed by atoms with Gasteiger partial charge in [0.25, 0.3) is 0 Å². The molecule has 0 saturated carbocycles. The van der Waals surface area contributed by atoms with Gasteiger partial charge in [-0.1, -0.05) is 12.1 Å². The van der Waals surface area contributed by atoms with Crippen LogP contribution in [0.15, 0.2) is 24.3 Å². The van der Waals surface area contributed by atoms with E-state index in [4.69, 9.17) is 14.6 Å². The molecule has 0 amide bonds. The van der Waals surface area contributed by atoms with Gasteiger partial charge in [-0.25, -0.2) is 4.79 Å². The summed E-state index contributed by atoms with van der Waals surface area (Å²) in [4.78, 5) is 10.4. The van der Waals surface area contributed by atoms with Gasteiger partial charge < -0.3 is 19.9 Å². The van der Waals surface area contributed by atoms with Gasteiger partial charge in [-0.05, 0) is 30.5 Å². The molecule has 0 aliphatic carbocycles. The van der Waals surface area contributed by atoms with Crippen molar-refractivity contribution in [3.05, 3.63) is 29.8 Å². The number of hydrogen-bond donors (Lipinski definition) is 2. The van der Waals surface area contributed by atoms with Crippen molar-refractivity contribution in [2.75, 3.05) is 19.8 Å². The van der Waals surface area contributed by atoms with Crippen molar-refractivity contribution in [1.29, 1.82) is 0 Å². The minimum atomic E-state index is -0.970. The third kappa shape index (κ3) is 4.89. The van der Waals surface area contributed by atoms with Crippen LogP contribution in [0.5, 0.6) is 5.75 Å². The van der Waals surface area contributed by atoms with Crippen LogP contribution in [-0.2, 0) is 16.1 Å². The highest BCUT2D eigenvalue weighted by atomic mass is 16.5. The summed E-state index contributed by atoms with van der Waals surface area (Å²) in [5, 5.41) is 11.9. The van der Waals surface area contributed by atoms with Crippen molar-refractivity contribution in [2.45, 2.75) is 25.5 Å². The van der Waals surface area contributed by atoms with Gasteiger partial charge in [0.15, 0.2) is 6.61 Å². The van der Waals surface area contributed by atoms with E-state index >= 15 is 0 Å². The molecule has 1 aromatic carbocycles. The number of carbonyl (C=O) groups is 1. The smallest absolute Gasteiger partial charge is 0.341 e. The Bertz CT molecular complexity index is 416. The van der Waals surface area contributed by atoms with Gasteiger partial charge in [-0.15, -0.1) is 0 Å². The maximum Gasteiger partial charge on any atom is 0.341 e. The molecular weight excluding hydrogens is 246 g/mol. The number of benzene rings is 1. The van der Waals surface area contributed by atoms with Crippen LogP contribution in [0, 0.1) is 0 Å². The van der Waals surface area contributed by atoms with Crippen molar-refractivity contribution >= 4 is 5.97 Å². The molecule has 0 aromatic heterocycles. The molecule has 0 radical (unpaired) electrons. The van der Waals surface area contributed by atoms with Gasteiger partial charge in [0.2, 0.25) is 0 Å². The predicted octanol–water partition coefficient (Wildman–Crippen LogP) is 1.42. The summed E-state index contributed by atoms with van der Waals surface area (Å²) in [7, 11) is 0. The van der Waals surface area contributed by atoms with Gasteiger partial charge in [-0.2, -0.15) is 0 Å². The molecular formula is C14H19NO4. The van der Waals surface area contributed by atoms with Crippen LogP contribution >= 0.6 is 0 Å². The molecule has 104 valence electrons. The highest BCUT2D eigenvalue weighted by Gasteiger charge is 2.14. The highest BCUT2D eigenvalue weighted by molar-refractivity contribution is 5.68. The lowest BCUT2D eigenvalue weighted by atomic mass is 10.2. The Morgan fingerprint density at radius 1 is 1.53 bits per heavy atom. The summed E-state index contributed by atoms with van der Waals surface area (Å²) >= 11 is 0. The summed E-state index contributed by atoms with van der Waals surface area (Å²) in [5.41, 5.74) is 1.07. The lowest BCUT2D eigenvalue weighted by Gasteiger charge is -2.11. The first-order valence-electron chi connectivity index (χ1n) is 6.50. The van der Waals surface area contributed by atoms with Crippen LogP contribution in [0.2, 0.25) is 0 Å². The Balaban J connectivity index is 1.76. The van der Waals surface area contributed by atoms with Gasteiger partial charge in [0.05, 0.1) is 6.10 Å². The maximum atomic E-state index is 10.4. The first-order chi connectivity index (χ1) is 9.24. The SMILES string of the molecule is O=C(O)COc1cccc(CNC[C@@H]2CCCO2)c1. The molecule has 0 bridgehead atoms. The molecule has 5 heteroatoms. The lowest BCUT2D eigenvalue weighted by Crippen LogP contribution is -2.25. The molecule has 5 nitrogen and oxygen atoms in total. The van der Waals surface area contributed by atoms with E-state index in [1.807, 2.05) is 18.2 Å². The van der Waals surface area contributed by atoms with E-state index in [9.17, 15) is 4.79 Å². The molecule has 1 saturated heterocycles. The van der Waals surface area contributed by atoms with E-state index < -0.39 is 5.97 Å². The van der Waals surface area contributed by atoms with E-state index in [1.54, 1.807) is 6.07 Å². The van der Waals surface area contributed by atoms with E-state index in [0.29, 0.717) is 11.9 Å². The molecule has 1 atom stereocenters. The second kappa shape index (κ2) is 7.11. The predicted molar refractivity (Wildman–Crippen MR) is 70.3 cm³/mol. The zero-order valence-corrected chi connectivity index (χ0v) is 10.8.